The van der Waals surface area contributed by atoms with Gasteiger partial charge in [0.2, 0.25) is 5.95 Å². The number of hydrogen-bond donors (Lipinski definition) is 3. The molecule has 38 heavy (non-hydrogen) atoms. The highest BCUT2D eigenvalue weighted by molar-refractivity contribution is 6.35. The molecule has 0 atom stereocenters. The number of hydrogen-bond acceptors (Lipinski definition) is 6. The second-order valence-electron chi connectivity index (χ2n) is 8.99. The lowest BCUT2D eigenvalue weighted by Crippen LogP contribution is -2.39. The van der Waals surface area contributed by atoms with Crippen molar-refractivity contribution in [2.24, 2.45) is 7.05 Å². The van der Waals surface area contributed by atoms with Gasteiger partial charge in [-0.2, -0.15) is 4.98 Å². The number of fused-ring (bicyclic) bond motifs is 1. The number of carboxylic acid groups (broad SMARTS) is 1. The second kappa shape index (κ2) is 10.9. The van der Waals surface area contributed by atoms with Crippen LogP contribution < -0.4 is 10.2 Å². The SMILES string of the molecule is Cc1ccc(Nc2nc(N(C)C(=O)N(C)Cc3cc4c(Cl)cccc4[nH]3)c(C=O)n2C)nc1CCC(=O)O. The monoisotopic (exact) mass is 537 g/mol. The minimum Gasteiger partial charge on any atom is -0.481 e. The number of carboxylic acids is 1. The summed E-state index contributed by atoms with van der Waals surface area (Å²) in [6, 6.07) is 10.7. The summed E-state index contributed by atoms with van der Waals surface area (Å²) in [6.07, 6.45) is 0.886. The van der Waals surface area contributed by atoms with Gasteiger partial charge in [0.25, 0.3) is 0 Å². The lowest BCUT2D eigenvalue weighted by Gasteiger charge is -2.23. The molecule has 11 nitrogen and oxygen atoms in total. The molecule has 4 aromatic rings. The Morgan fingerprint density at radius 3 is 2.66 bits per heavy atom. The Morgan fingerprint density at radius 1 is 1.21 bits per heavy atom. The third-order valence-corrected chi connectivity index (χ3v) is 6.58. The number of rotatable bonds is 9. The number of benzene rings is 1. The maximum absolute atomic E-state index is 13.3. The molecular formula is C26H28ClN7O4. The van der Waals surface area contributed by atoms with Crippen molar-refractivity contribution in [2.75, 3.05) is 24.3 Å². The highest BCUT2D eigenvalue weighted by Crippen LogP contribution is 2.27. The maximum atomic E-state index is 13.3. The Bertz CT molecular complexity index is 1530. The van der Waals surface area contributed by atoms with Gasteiger partial charge in [0.15, 0.2) is 12.1 Å². The fourth-order valence-electron chi connectivity index (χ4n) is 4.15. The van der Waals surface area contributed by atoms with E-state index in [0.29, 0.717) is 28.8 Å². The molecule has 0 bridgehead atoms. The summed E-state index contributed by atoms with van der Waals surface area (Å²) in [5, 5.41) is 13.6. The largest absolute Gasteiger partial charge is 0.481 e. The number of carbonyl (C=O) groups is 3. The van der Waals surface area contributed by atoms with Crippen LogP contribution in [0.1, 0.15) is 33.9 Å². The van der Waals surface area contributed by atoms with Crippen LogP contribution >= 0.6 is 11.6 Å². The average Bonchev–Trinajstić information content (AvgIpc) is 3.44. The van der Waals surface area contributed by atoms with Crippen LogP contribution in [-0.2, 0) is 24.8 Å². The number of aryl methyl sites for hydroxylation is 2. The first kappa shape index (κ1) is 26.7. The van der Waals surface area contributed by atoms with Crippen LogP contribution in [0.5, 0.6) is 0 Å². The molecule has 12 heteroatoms. The molecule has 3 aromatic heterocycles. The van der Waals surface area contributed by atoms with Crippen LogP contribution in [0.4, 0.5) is 22.4 Å². The quantitative estimate of drug-likeness (QED) is 0.267. The fraction of sp³-hybridized carbons (Fsp3) is 0.269. The van der Waals surface area contributed by atoms with Crippen molar-refractivity contribution < 1.29 is 19.5 Å². The smallest absolute Gasteiger partial charge is 0.325 e. The molecule has 0 radical (unpaired) electrons. The third-order valence-electron chi connectivity index (χ3n) is 6.25. The highest BCUT2D eigenvalue weighted by atomic mass is 35.5. The van der Waals surface area contributed by atoms with Crippen molar-refractivity contribution in [1.82, 2.24) is 24.4 Å². The topological polar surface area (TPSA) is 136 Å². The average molecular weight is 538 g/mol. The molecule has 3 N–H and O–H groups in total. The molecule has 0 saturated carbocycles. The molecule has 0 fully saturated rings. The summed E-state index contributed by atoms with van der Waals surface area (Å²) < 4.78 is 1.53. The minimum absolute atomic E-state index is 0.0366. The van der Waals surface area contributed by atoms with Crippen molar-refractivity contribution in [3.05, 3.63) is 64.1 Å². The summed E-state index contributed by atoms with van der Waals surface area (Å²) in [7, 11) is 4.86. The number of halogens is 1. The van der Waals surface area contributed by atoms with E-state index < -0.39 is 5.97 Å². The number of urea groups is 1. The molecule has 3 heterocycles. The standard InChI is InChI=1S/C26H28ClN7O4/c1-15-8-10-22(29-19(15)9-11-23(36)37)30-25-31-24(21(14-35)33(25)3)34(4)26(38)32(2)13-16-12-17-18(27)6-5-7-20(17)28-16/h5-8,10,12,14,28H,9,11,13H2,1-4H3,(H,36,37)(H,29,30,31). The summed E-state index contributed by atoms with van der Waals surface area (Å²) in [5.74, 6) is 0.0200. The first-order valence-electron chi connectivity index (χ1n) is 11.8. The summed E-state index contributed by atoms with van der Waals surface area (Å²) in [4.78, 5) is 51.3. The minimum atomic E-state index is -0.903. The van der Waals surface area contributed by atoms with Crippen molar-refractivity contribution in [3.63, 3.8) is 0 Å². The van der Waals surface area contributed by atoms with Crippen LogP contribution in [0.3, 0.4) is 0 Å². The van der Waals surface area contributed by atoms with Gasteiger partial charge in [-0.1, -0.05) is 23.7 Å². The molecule has 2 amide bonds. The maximum Gasteiger partial charge on any atom is 0.325 e. The number of aromatic nitrogens is 4. The van der Waals surface area contributed by atoms with Gasteiger partial charge in [-0.25, -0.2) is 9.78 Å². The lowest BCUT2D eigenvalue weighted by molar-refractivity contribution is -0.136. The van der Waals surface area contributed by atoms with Crippen LogP contribution in [0.2, 0.25) is 5.02 Å². The van der Waals surface area contributed by atoms with Crippen LogP contribution in [-0.4, -0.2) is 61.9 Å². The number of aliphatic carboxylic acids is 1. The van der Waals surface area contributed by atoms with Gasteiger partial charge < -0.3 is 24.9 Å². The number of pyridine rings is 1. The first-order valence-corrected chi connectivity index (χ1v) is 12.2. The number of nitrogens with zero attached hydrogens (tertiary/aromatic N) is 5. The van der Waals surface area contributed by atoms with E-state index in [1.807, 2.05) is 31.2 Å². The molecule has 1 aromatic carbocycles. The molecule has 198 valence electrons. The van der Waals surface area contributed by atoms with E-state index in [0.717, 1.165) is 22.2 Å². The lowest BCUT2D eigenvalue weighted by atomic mass is 10.1. The zero-order valence-electron chi connectivity index (χ0n) is 21.4. The van der Waals surface area contributed by atoms with E-state index in [1.54, 1.807) is 33.3 Å². The molecule has 0 aliphatic carbocycles. The Balaban J connectivity index is 1.53. The summed E-state index contributed by atoms with van der Waals surface area (Å²) in [6.45, 7) is 2.15. The normalized spacial score (nSPS) is 11.0. The molecular weight excluding hydrogens is 510 g/mol. The van der Waals surface area contributed by atoms with Gasteiger partial charge in [0.1, 0.15) is 11.5 Å². The van der Waals surface area contributed by atoms with E-state index in [2.05, 4.69) is 20.3 Å². The van der Waals surface area contributed by atoms with E-state index in [9.17, 15) is 14.4 Å². The highest BCUT2D eigenvalue weighted by Gasteiger charge is 2.25. The van der Waals surface area contributed by atoms with Gasteiger partial charge in [0.05, 0.1) is 13.0 Å². The van der Waals surface area contributed by atoms with Gasteiger partial charge in [-0.15, -0.1) is 0 Å². The number of aldehydes is 1. The Hall–Kier alpha value is -4.38. The van der Waals surface area contributed by atoms with Crippen molar-refractivity contribution in [2.45, 2.75) is 26.3 Å². The molecule has 0 saturated heterocycles. The molecule has 4 rings (SSSR count). The number of H-pyrrole nitrogens is 1. The fourth-order valence-corrected chi connectivity index (χ4v) is 4.38. The van der Waals surface area contributed by atoms with Gasteiger partial charge in [0, 0.05) is 54.9 Å². The zero-order chi connectivity index (χ0) is 27.6. The van der Waals surface area contributed by atoms with Crippen molar-refractivity contribution >= 4 is 58.4 Å². The molecule has 0 aliphatic rings. The number of imidazole rings is 1. The second-order valence-corrected chi connectivity index (χ2v) is 9.40. The van der Waals surface area contributed by atoms with E-state index >= 15 is 0 Å². The van der Waals surface area contributed by atoms with E-state index in [-0.39, 0.29) is 36.9 Å². The number of anilines is 3. The molecule has 0 unspecified atom stereocenters. The predicted octanol–water partition coefficient (Wildman–Crippen LogP) is 4.52. The predicted molar refractivity (Wildman–Crippen MR) is 145 cm³/mol. The molecule has 0 aliphatic heterocycles. The zero-order valence-corrected chi connectivity index (χ0v) is 22.2. The number of amides is 2. The third kappa shape index (κ3) is 5.47. The van der Waals surface area contributed by atoms with Crippen molar-refractivity contribution in [1.29, 1.82) is 0 Å². The molecule has 0 spiro atoms. The van der Waals surface area contributed by atoms with Gasteiger partial charge in [-0.3, -0.25) is 14.5 Å². The van der Waals surface area contributed by atoms with E-state index in [1.165, 1.54) is 14.4 Å². The Labute approximate surface area is 224 Å². The van der Waals surface area contributed by atoms with Gasteiger partial charge >= 0.3 is 12.0 Å². The Morgan fingerprint density at radius 2 is 1.97 bits per heavy atom. The number of aromatic amines is 1. The van der Waals surface area contributed by atoms with Gasteiger partial charge in [-0.05, 0) is 36.8 Å². The Kier molecular flexibility index (Phi) is 7.67. The van der Waals surface area contributed by atoms with Crippen LogP contribution in [0.15, 0.2) is 36.4 Å². The number of carbonyl (C=O) groups excluding carboxylic acids is 2. The van der Waals surface area contributed by atoms with Crippen LogP contribution in [0.25, 0.3) is 10.9 Å². The summed E-state index contributed by atoms with van der Waals surface area (Å²) >= 11 is 6.27. The van der Waals surface area contributed by atoms with Crippen molar-refractivity contribution in [3.8, 4) is 0 Å². The van der Waals surface area contributed by atoms with E-state index in [4.69, 9.17) is 16.7 Å². The first-order chi connectivity index (χ1) is 18.1. The number of nitrogens with one attached hydrogen (secondary N) is 2. The van der Waals surface area contributed by atoms with Crippen LogP contribution in [0, 0.1) is 6.92 Å². The summed E-state index contributed by atoms with van der Waals surface area (Å²) in [5.41, 5.74) is 3.40.